The third kappa shape index (κ3) is 3.63. The van der Waals surface area contributed by atoms with E-state index in [4.69, 9.17) is 15.6 Å². The highest BCUT2D eigenvalue weighted by molar-refractivity contribution is 5.64. The molecule has 1 amide bonds. The van der Waals surface area contributed by atoms with Crippen LogP contribution in [0, 0.1) is 11.8 Å². The third-order valence-electron chi connectivity index (χ3n) is 2.69. The van der Waals surface area contributed by atoms with E-state index in [9.17, 15) is 4.79 Å². The quantitative estimate of drug-likeness (QED) is 0.688. The minimum atomic E-state index is -0.690. The van der Waals surface area contributed by atoms with E-state index in [1.807, 2.05) is 0 Å². The second-order valence-corrected chi connectivity index (χ2v) is 3.70. The zero-order valence-electron chi connectivity index (χ0n) is 7.74. The zero-order valence-corrected chi connectivity index (χ0v) is 7.74. The molecule has 0 atom stereocenters. The average Bonchev–Trinajstić information content (AvgIpc) is 2.15. The van der Waals surface area contributed by atoms with Crippen LogP contribution in [0.2, 0.25) is 0 Å². The molecule has 76 valence electrons. The van der Waals surface area contributed by atoms with E-state index in [2.05, 4.69) is 0 Å². The molecule has 0 radical (unpaired) electrons. The van der Waals surface area contributed by atoms with Crippen LogP contribution < -0.4 is 5.73 Å². The molecule has 0 spiro atoms. The van der Waals surface area contributed by atoms with Gasteiger partial charge in [0.2, 0.25) is 0 Å². The van der Waals surface area contributed by atoms with Crippen molar-refractivity contribution in [1.29, 1.82) is 0 Å². The topological polar surface area (TPSA) is 72.6 Å². The van der Waals surface area contributed by atoms with Crippen molar-refractivity contribution in [3.05, 3.63) is 0 Å². The first kappa shape index (κ1) is 10.3. The molecule has 1 fully saturated rings. The SMILES string of the molecule is NC(=O)OC[C@H]1CC[C@H](CO)CC1. The van der Waals surface area contributed by atoms with Crippen LogP contribution in [0.15, 0.2) is 0 Å². The van der Waals surface area contributed by atoms with Gasteiger partial charge in [-0.05, 0) is 37.5 Å². The van der Waals surface area contributed by atoms with E-state index in [0.29, 0.717) is 18.4 Å². The Bertz CT molecular complexity index is 164. The van der Waals surface area contributed by atoms with Crippen molar-refractivity contribution in [1.82, 2.24) is 0 Å². The monoisotopic (exact) mass is 187 g/mol. The maximum absolute atomic E-state index is 10.3. The smallest absolute Gasteiger partial charge is 0.404 e. The van der Waals surface area contributed by atoms with Crippen molar-refractivity contribution in [3.8, 4) is 0 Å². The Morgan fingerprint density at radius 3 is 2.31 bits per heavy atom. The highest BCUT2D eigenvalue weighted by Gasteiger charge is 2.21. The molecule has 4 heteroatoms. The summed E-state index contributed by atoms with van der Waals surface area (Å²) in [6.45, 7) is 0.719. The molecule has 1 rings (SSSR count). The van der Waals surface area contributed by atoms with E-state index in [1.165, 1.54) is 0 Å². The Morgan fingerprint density at radius 2 is 1.85 bits per heavy atom. The summed E-state index contributed by atoms with van der Waals surface area (Å²) in [6.07, 6.45) is 3.42. The van der Waals surface area contributed by atoms with Gasteiger partial charge in [-0.3, -0.25) is 0 Å². The number of ether oxygens (including phenoxy) is 1. The van der Waals surface area contributed by atoms with Crippen molar-refractivity contribution in [2.45, 2.75) is 25.7 Å². The minimum absolute atomic E-state index is 0.281. The lowest BCUT2D eigenvalue weighted by Crippen LogP contribution is -2.23. The summed E-state index contributed by atoms with van der Waals surface area (Å²) in [4.78, 5) is 10.3. The van der Waals surface area contributed by atoms with Crippen LogP contribution >= 0.6 is 0 Å². The largest absolute Gasteiger partial charge is 0.449 e. The normalized spacial score (nSPS) is 28.4. The van der Waals surface area contributed by atoms with Crippen LogP contribution in [0.5, 0.6) is 0 Å². The van der Waals surface area contributed by atoms with Gasteiger partial charge < -0.3 is 15.6 Å². The third-order valence-corrected chi connectivity index (χ3v) is 2.69. The summed E-state index contributed by atoms with van der Waals surface area (Å²) in [5, 5.41) is 8.89. The van der Waals surface area contributed by atoms with Gasteiger partial charge in [0.05, 0.1) is 6.61 Å². The van der Waals surface area contributed by atoms with Crippen LogP contribution in [0.1, 0.15) is 25.7 Å². The van der Waals surface area contributed by atoms with Gasteiger partial charge in [-0.1, -0.05) is 0 Å². The molecule has 0 aliphatic heterocycles. The number of carbonyl (C=O) groups is 1. The van der Waals surface area contributed by atoms with Crippen LogP contribution in [-0.4, -0.2) is 24.4 Å². The number of aliphatic hydroxyl groups is 1. The minimum Gasteiger partial charge on any atom is -0.449 e. The second kappa shape index (κ2) is 5.07. The molecule has 0 aromatic carbocycles. The molecule has 0 saturated heterocycles. The summed E-state index contributed by atoms with van der Waals surface area (Å²) < 4.78 is 4.73. The van der Waals surface area contributed by atoms with E-state index in [0.717, 1.165) is 25.7 Å². The predicted octanol–water partition coefficient (Wildman–Crippen LogP) is 0.880. The Balaban J connectivity index is 2.14. The van der Waals surface area contributed by atoms with Gasteiger partial charge in [-0.2, -0.15) is 0 Å². The fourth-order valence-corrected chi connectivity index (χ4v) is 1.78. The fourth-order valence-electron chi connectivity index (χ4n) is 1.78. The molecule has 1 aliphatic carbocycles. The molecule has 1 aliphatic rings. The first-order chi connectivity index (χ1) is 6.22. The second-order valence-electron chi connectivity index (χ2n) is 3.70. The van der Waals surface area contributed by atoms with E-state index < -0.39 is 6.09 Å². The maximum atomic E-state index is 10.3. The van der Waals surface area contributed by atoms with Gasteiger partial charge in [-0.25, -0.2) is 4.79 Å². The molecule has 4 nitrogen and oxygen atoms in total. The van der Waals surface area contributed by atoms with Gasteiger partial charge in [-0.15, -0.1) is 0 Å². The molecule has 0 heterocycles. The number of aliphatic hydroxyl groups excluding tert-OH is 1. The van der Waals surface area contributed by atoms with E-state index in [-0.39, 0.29) is 6.61 Å². The summed E-state index contributed by atoms with van der Waals surface area (Å²) in [5.41, 5.74) is 4.86. The van der Waals surface area contributed by atoms with Crippen molar-refractivity contribution >= 4 is 6.09 Å². The van der Waals surface area contributed by atoms with Gasteiger partial charge in [0.25, 0.3) is 0 Å². The first-order valence-electron chi connectivity index (χ1n) is 4.75. The number of rotatable bonds is 3. The molecule has 1 saturated carbocycles. The zero-order chi connectivity index (χ0) is 9.68. The van der Waals surface area contributed by atoms with Crippen molar-refractivity contribution in [2.75, 3.05) is 13.2 Å². The van der Waals surface area contributed by atoms with Crippen molar-refractivity contribution < 1.29 is 14.6 Å². The Morgan fingerprint density at radius 1 is 1.31 bits per heavy atom. The molecule has 0 bridgehead atoms. The molecular weight excluding hydrogens is 170 g/mol. The Hall–Kier alpha value is -0.770. The van der Waals surface area contributed by atoms with Gasteiger partial charge in [0.15, 0.2) is 0 Å². The van der Waals surface area contributed by atoms with Crippen LogP contribution in [-0.2, 0) is 4.74 Å². The number of carbonyl (C=O) groups excluding carboxylic acids is 1. The van der Waals surface area contributed by atoms with Gasteiger partial charge in [0, 0.05) is 6.61 Å². The van der Waals surface area contributed by atoms with Gasteiger partial charge >= 0.3 is 6.09 Å². The maximum Gasteiger partial charge on any atom is 0.404 e. The van der Waals surface area contributed by atoms with E-state index >= 15 is 0 Å². The molecule has 0 aromatic rings. The molecule has 13 heavy (non-hydrogen) atoms. The van der Waals surface area contributed by atoms with Gasteiger partial charge in [0.1, 0.15) is 0 Å². The lowest BCUT2D eigenvalue weighted by molar-refractivity contribution is 0.104. The molecule has 3 N–H and O–H groups in total. The van der Waals surface area contributed by atoms with Crippen molar-refractivity contribution in [3.63, 3.8) is 0 Å². The fraction of sp³-hybridized carbons (Fsp3) is 0.889. The summed E-state index contributed by atoms with van der Waals surface area (Å²) in [7, 11) is 0. The number of amides is 1. The van der Waals surface area contributed by atoms with Crippen molar-refractivity contribution in [2.24, 2.45) is 17.6 Å². The number of primary amides is 1. The van der Waals surface area contributed by atoms with Crippen LogP contribution in [0.4, 0.5) is 4.79 Å². The molecule has 0 unspecified atom stereocenters. The number of nitrogens with two attached hydrogens (primary N) is 1. The summed E-state index contributed by atoms with van der Waals surface area (Å²) in [5.74, 6) is 0.889. The number of hydrogen-bond donors (Lipinski definition) is 2. The first-order valence-corrected chi connectivity index (χ1v) is 4.75. The highest BCUT2D eigenvalue weighted by atomic mass is 16.5. The average molecular weight is 187 g/mol. The lowest BCUT2D eigenvalue weighted by Gasteiger charge is -2.26. The Kier molecular flexibility index (Phi) is 4.02. The highest BCUT2D eigenvalue weighted by Crippen LogP contribution is 2.28. The summed E-state index contributed by atoms with van der Waals surface area (Å²) >= 11 is 0. The summed E-state index contributed by atoms with van der Waals surface area (Å²) in [6, 6.07) is 0. The van der Waals surface area contributed by atoms with Crippen LogP contribution in [0.3, 0.4) is 0 Å². The standard InChI is InChI=1S/C9H17NO3/c10-9(12)13-6-8-3-1-7(5-11)2-4-8/h7-8,11H,1-6H2,(H2,10,12)/t7-,8-. The van der Waals surface area contributed by atoms with E-state index in [1.54, 1.807) is 0 Å². The molecule has 0 aromatic heterocycles. The van der Waals surface area contributed by atoms with Crippen LogP contribution in [0.25, 0.3) is 0 Å². The molecular formula is C9H17NO3. The lowest BCUT2D eigenvalue weighted by atomic mass is 9.83. The number of hydrogen-bond acceptors (Lipinski definition) is 3. The predicted molar refractivity (Wildman–Crippen MR) is 48.1 cm³/mol. The Labute approximate surface area is 78.1 Å².